The van der Waals surface area contributed by atoms with Crippen molar-refractivity contribution < 1.29 is 0 Å². The lowest BCUT2D eigenvalue weighted by molar-refractivity contribution is 1.17. The maximum absolute atomic E-state index is 2.40. The molecule has 24 aromatic rings. The number of rotatable bonds is 16. The van der Waals surface area contributed by atoms with Crippen molar-refractivity contribution >= 4 is 121 Å². The van der Waals surface area contributed by atoms with Crippen LogP contribution in [0.1, 0.15) is 0 Å². The summed E-state index contributed by atoms with van der Waals surface area (Å²) in [5.74, 6) is 0. The molecule has 0 N–H and O–H groups in total. The van der Waals surface area contributed by atoms with Crippen LogP contribution in [0.5, 0.6) is 0 Å². The van der Waals surface area contributed by atoms with E-state index in [9.17, 15) is 0 Å². The van der Waals surface area contributed by atoms with Crippen LogP contribution < -0.4 is 9.80 Å². The largest absolute Gasteiger partial charge is 0.311 e. The van der Waals surface area contributed by atoms with Gasteiger partial charge in [-0.1, -0.05) is 297 Å². The van der Waals surface area contributed by atoms with Crippen LogP contribution in [-0.4, -0.2) is 18.3 Å². The molecule has 126 heavy (non-hydrogen) atoms. The molecular weight excluding hydrogens is 1530 g/mol. The zero-order chi connectivity index (χ0) is 83.4. The molecule has 6 heteroatoms. The average Bonchev–Trinajstić information content (AvgIpc) is 1.60. The first-order chi connectivity index (χ1) is 62.5. The Labute approximate surface area is 731 Å². The lowest BCUT2D eigenvalue weighted by Gasteiger charge is -2.26. The first-order valence-corrected chi connectivity index (χ1v) is 43.2. The number of benzene rings is 20. The number of para-hydroxylation sites is 8. The van der Waals surface area contributed by atoms with Gasteiger partial charge in [0.05, 0.1) is 44.1 Å². The molecule has 0 bridgehead atoms. The van der Waals surface area contributed by atoms with Gasteiger partial charge in [0, 0.05) is 100.0 Å². The summed E-state index contributed by atoms with van der Waals surface area (Å²) in [4.78, 5) is 4.68. The van der Waals surface area contributed by atoms with Gasteiger partial charge in [-0.3, -0.25) is 0 Å². The fourth-order valence-electron chi connectivity index (χ4n) is 19.1. The van der Waals surface area contributed by atoms with E-state index in [2.05, 4.69) is 526 Å². The highest BCUT2D eigenvalue weighted by atomic mass is 15.2. The zero-order valence-corrected chi connectivity index (χ0v) is 69.0. The molecule has 0 aliphatic carbocycles. The van der Waals surface area contributed by atoms with Crippen molar-refractivity contribution in [3.8, 4) is 89.5 Å². The molecule has 4 aromatic heterocycles. The minimum absolute atomic E-state index is 1.10. The quantitative estimate of drug-likeness (QED) is 0.0964. The first kappa shape index (κ1) is 74.3. The van der Waals surface area contributed by atoms with Gasteiger partial charge in [0.25, 0.3) is 0 Å². The highest BCUT2D eigenvalue weighted by Gasteiger charge is 2.23. The van der Waals surface area contributed by atoms with Gasteiger partial charge in [-0.2, -0.15) is 0 Å². The van der Waals surface area contributed by atoms with Gasteiger partial charge in [0.2, 0.25) is 0 Å². The minimum atomic E-state index is 1.10. The van der Waals surface area contributed by atoms with E-state index in [-0.39, 0.29) is 0 Å². The molecule has 0 amide bonds. The summed E-state index contributed by atoms with van der Waals surface area (Å²) in [5, 5.41) is 9.96. The Morgan fingerprint density at radius 1 is 0.119 bits per heavy atom. The second kappa shape index (κ2) is 32.0. The summed E-state index contributed by atoms with van der Waals surface area (Å²) >= 11 is 0. The van der Waals surface area contributed by atoms with Crippen LogP contribution in [0.3, 0.4) is 0 Å². The molecule has 0 saturated heterocycles. The zero-order valence-electron chi connectivity index (χ0n) is 69.0. The summed E-state index contributed by atoms with van der Waals surface area (Å²) in [5.41, 5.74) is 35.1. The Hall–Kier alpha value is -16.8. The third-order valence-corrected chi connectivity index (χ3v) is 25.0. The SMILES string of the molecule is c1ccc(-c2cccc(-c3ccc4c(c3)c3cc(-c5ccc(N(c6ccccc6)c6ccc(-n7c8ccccc8c8ccccc87)cc6)cc5)ccc3n4-c3ccccc3)c2)cc1.c1ccc(-c2ccccc2-c2ccc3c(c2)c2cc(-c4ccc(N(c5ccccc5)c5ccc(-n6c7ccccc7c7ccccc76)cc5)cc4)ccc2n3-c2ccccc2)cc1. The van der Waals surface area contributed by atoms with Crippen molar-refractivity contribution in [3.05, 3.63) is 497 Å². The molecule has 0 aliphatic rings. The van der Waals surface area contributed by atoms with Crippen molar-refractivity contribution in [2.45, 2.75) is 0 Å². The molecule has 0 atom stereocenters. The van der Waals surface area contributed by atoms with Crippen molar-refractivity contribution in [2.75, 3.05) is 9.80 Å². The molecule has 0 radical (unpaired) electrons. The third-order valence-electron chi connectivity index (χ3n) is 25.0. The summed E-state index contributed by atoms with van der Waals surface area (Å²) in [6.07, 6.45) is 0. The molecule has 0 fully saturated rings. The minimum Gasteiger partial charge on any atom is -0.311 e. The molecule has 20 aromatic carbocycles. The lowest BCUT2D eigenvalue weighted by atomic mass is 9.93. The molecule has 0 saturated carbocycles. The molecule has 0 spiro atoms. The van der Waals surface area contributed by atoms with Gasteiger partial charge < -0.3 is 28.1 Å². The Morgan fingerprint density at radius 2 is 0.333 bits per heavy atom. The van der Waals surface area contributed by atoms with E-state index in [0.717, 1.165) is 56.9 Å². The molecule has 0 unspecified atom stereocenters. The molecule has 24 rings (SSSR count). The van der Waals surface area contributed by atoms with E-state index in [0.29, 0.717) is 0 Å². The molecule has 0 aliphatic heterocycles. The van der Waals surface area contributed by atoms with E-state index in [1.165, 1.54) is 154 Å². The third kappa shape index (κ3) is 13.4. The van der Waals surface area contributed by atoms with Gasteiger partial charge in [-0.15, -0.1) is 0 Å². The Balaban J connectivity index is 0.000000145. The molecular formula is C120H82N6. The maximum atomic E-state index is 2.40. The van der Waals surface area contributed by atoms with E-state index >= 15 is 0 Å². The van der Waals surface area contributed by atoms with E-state index in [1.807, 2.05) is 0 Å². The number of hydrogen-bond acceptors (Lipinski definition) is 2. The van der Waals surface area contributed by atoms with Crippen LogP contribution >= 0.6 is 0 Å². The number of nitrogens with zero attached hydrogens (tertiary/aromatic N) is 6. The number of anilines is 6. The number of fused-ring (bicyclic) bond motifs is 12. The van der Waals surface area contributed by atoms with Crippen LogP contribution in [0.4, 0.5) is 34.1 Å². The van der Waals surface area contributed by atoms with E-state index in [1.54, 1.807) is 0 Å². The summed E-state index contributed by atoms with van der Waals surface area (Å²) in [6, 6.07) is 180. The normalized spacial score (nSPS) is 11.5. The Kier molecular flexibility index (Phi) is 18.8. The Morgan fingerprint density at radius 3 is 0.698 bits per heavy atom. The monoisotopic (exact) mass is 1610 g/mol. The lowest BCUT2D eigenvalue weighted by Crippen LogP contribution is -2.10. The highest BCUT2D eigenvalue weighted by Crippen LogP contribution is 2.46. The molecule has 6 nitrogen and oxygen atoms in total. The number of aromatic nitrogens is 4. The number of hydrogen-bond donors (Lipinski definition) is 0. The fourth-order valence-corrected chi connectivity index (χ4v) is 19.1. The van der Waals surface area contributed by atoms with Gasteiger partial charge in [0.15, 0.2) is 0 Å². The molecule has 4 heterocycles. The van der Waals surface area contributed by atoms with Crippen LogP contribution in [0.2, 0.25) is 0 Å². The highest BCUT2D eigenvalue weighted by molar-refractivity contribution is 6.15. The summed E-state index contributed by atoms with van der Waals surface area (Å²) < 4.78 is 9.53. The van der Waals surface area contributed by atoms with Crippen LogP contribution in [0.15, 0.2) is 497 Å². The van der Waals surface area contributed by atoms with Crippen LogP contribution in [0.25, 0.3) is 177 Å². The van der Waals surface area contributed by atoms with Crippen molar-refractivity contribution in [2.24, 2.45) is 0 Å². The molecule has 592 valence electrons. The van der Waals surface area contributed by atoms with E-state index < -0.39 is 0 Å². The van der Waals surface area contributed by atoms with Gasteiger partial charge >= 0.3 is 0 Å². The topological polar surface area (TPSA) is 26.2 Å². The average molecular weight is 1610 g/mol. The van der Waals surface area contributed by atoms with E-state index in [4.69, 9.17) is 0 Å². The maximum Gasteiger partial charge on any atom is 0.0541 e. The van der Waals surface area contributed by atoms with Crippen molar-refractivity contribution in [3.63, 3.8) is 0 Å². The fraction of sp³-hybridized carbons (Fsp3) is 0. The first-order valence-electron chi connectivity index (χ1n) is 43.2. The van der Waals surface area contributed by atoms with Crippen LogP contribution in [-0.2, 0) is 0 Å². The smallest absolute Gasteiger partial charge is 0.0541 e. The summed E-state index contributed by atoms with van der Waals surface area (Å²) in [6.45, 7) is 0. The Bertz CT molecular complexity index is 8030. The van der Waals surface area contributed by atoms with Crippen molar-refractivity contribution in [1.82, 2.24) is 18.3 Å². The predicted molar refractivity (Wildman–Crippen MR) is 532 cm³/mol. The van der Waals surface area contributed by atoms with Crippen molar-refractivity contribution in [1.29, 1.82) is 0 Å². The predicted octanol–water partition coefficient (Wildman–Crippen LogP) is 32.7. The second-order valence-electron chi connectivity index (χ2n) is 32.3. The summed E-state index contributed by atoms with van der Waals surface area (Å²) in [7, 11) is 0. The van der Waals surface area contributed by atoms with Crippen LogP contribution in [0, 0.1) is 0 Å². The van der Waals surface area contributed by atoms with Gasteiger partial charge in [-0.05, 0) is 267 Å². The second-order valence-corrected chi connectivity index (χ2v) is 32.3. The van der Waals surface area contributed by atoms with Gasteiger partial charge in [-0.25, -0.2) is 0 Å². The standard InChI is InChI=1S/2C60H41N3/c1-4-15-42(16-5-1)44-17-14-18-45(39-44)47-30-38-60-56(41-47)55-40-46(29-37-59(55)62(60)49-21-8-3-9-22-49)43-27-31-50(32-28-43)61(48-19-6-2-7-20-48)51-33-35-52(36-34-51)63-57-25-12-10-23-53(57)54-24-11-13-26-58(54)63;1-4-16-43(17-5-1)51-22-10-11-23-52(51)45-31-39-60-56(41-45)55-40-44(30-38-59(55)62(60)47-20-8-3-9-21-47)42-28-32-48(33-29-42)61(46-18-6-2-7-19-46)49-34-36-50(37-35-49)63-57-26-14-12-24-53(57)54-25-13-15-27-58(54)63/h2*1-41H. The van der Waals surface area contributed by atoms with Gasteiger partial charge in [0.1, 0.15) is 0 Å².